The van der Waals surface area contributed by atoms with E-state index in [0.717, 1.165) is 22.7 Å². The first-order valence-corrected chi connectivity index (χ1v) is 10.4. The highest BCUT2D eigenvalue weighted by molar-refractivity contribution is 7.92. The van der Waals surface area contributed by atoms with Crippen LogP contribution in [-0.2, 0) is 21.0 Å². The van der Waals surface area contributed by atoms with Crippen LogP contribution in [0.25, 0.3) is 0 Å². The third kappa shape index (κ3) is 6.01. The van der Waals surface area contributed by atoms with Gasteiger partial charge in [0.25, 0.3) is 5.91 Å². The molecule has 0 radical (unpaired) electrons. The summed E-state index contributed by atoms with van der Waals surface area (Å²) >= 11 is 5.55. The summed E-state index contributed by atoms with van der Waals surface area (Å²) < 4.78 is 68.3. The molecule has 158 valence electrons. The molecule has 29 heavy (non-hydrogen) atoms. The molecule has 0 aromatic heterocycles. The number of carbonyl (C=O) groups excluding carboxylic acids is 1. The van der Waals surface area contributed by atoms with Gasteiger partial charge in [0.2, 0.25) is 10.0 Å². The molecule has 6 nitrogen and oxygen atoms in total. The van der Waals surface area contributed by atoms with Gasteiger partial charge in [-0.2, -0.15) is 13.2 Å². The molecule has 2 aromatic carbocycles. The lowest BCUT2D eigenvalue weighted by Crippen LogP contribution is -2.30. The average Bonchev–Trinajstić information content (AvgIpc) is 2.61. The number of anilines is 2. The summed E-state index contributed by atoms with van der Waals surface area (Å²) in [5, 5.41) is 1.87. The molecule has 11 heteroatoms. The lowest BCUT2D eigenvalue weighted by Gasteiger charge is -2.18. The molecule has 0 unspecified atom stereocenters. The van der Waals surface area contributed by atoms with Crippen LogP contribution in [-0.4, -0.2) is 33.7 Å². The quantitative estimate of drug-likeness (QED) is 0.717. The maximum Gasteiger partial charge on any atom is 0.417 e. The molecule has 0 spiro atoms. The van der Waals surface area contributed by atoms with Crippen molar-refractivity contribution < 1.29 is 31.1 Å². The van der Waals surface area contributed by atoms with Crippen LogP contribution in [0.2, 0.25) is 5.02 Å². The zero-order valence-electron chi connectivity index (χ0n) is 15.6. The summed E-state index contributed by atoms with van der Waals surface area (Å²) in [7, 11) is -2.03. The Hall–Kier alpha value is -2.46. The Labute approximate surface area is 171 Å². The molecular weight excluding hydrogens is 433 g/mol. The van der Waals surface area contributed by atoms with Crippen LogP contribution in [0.4, 0.5) is 24.5 Å². The van der Waals surface area contributed by atoms with Gasteiger partial charge in [-0.1, -0.05) is 11.6 Å². The van der Waals surface area contributed by atoms with Crippen molar-refractivity contribution in [2.24, 2.45) is 0 Å². The Morgan fingerprint density at radius 3 is 2.28 bits per heavy atom. The predicted octanol–water partition coefficient (Wildman–Crippen LogP) is 4.16. The molecule has 0 aliphatic rings. The van der Waals surface area contributed by atoms with Crippen molar-refractivity contribution in [2.45, 2.75) is 19.2 Å². The van der Waals surface area contributed by atoms with Gasteiger partial charge in [0.1, 0.15) is 5.75 Å². The van der Waals surface area contributed by atoms with Crippen LogP contribution in [0.1, 0.15) is 12.5 Å². The van der Waals surface area contributed by atoms with Gasteiger partial charge in [-0.05, 0) is 49.4 Å². The highest BCUT2D eigenvalue weighted by atomic mass is 35.5. The number of alkyl halides is 3. The lowest BCUT2D eigenvalue weighted by molar-refractivity contribution is -0.137. The Bertz CT molecular complexity index is 995. The number of rotatable bonds is 6. The number of nitrogens with one attached hydrogen (secondary N) is 1. The fourth-order valence-electron chi connectivity index (χ4n) is 2.25. The van der Waals surface area contributed by atoms with Gasteiger partial charge in [0, 0.05) is 12.7 Å². The third-order valence-corrected chi connectivity index (χ3v) is 5.45. The molecule has 0 saturated heterocycles. The van der Waals surface area contributed by atoms with Crippen LogP contribution in [0.3, 0.4) is 0 Å². The lowest BCUT2D eigenvalue weighted by atomic mass is 10.2. The SMILES string of the molecule is C[C@H](Oc1ccc(N(C)S(C)(=O)=O)cc1)C(=O)Nc1ccc(Cl)c(C(F)(F)F)c1. The van der Waals surface area contributed by atoms with Crippen molar-refractivity contribution >= 4 is 38.9 Å². The summed E-state index contributed by atoms with van der Waals surface area (Å²) in [6.07, 6.45) is -4.62. The summed E-state index contributed by atoms with van der Waals surface area (Å²) in [6, 6.07) is 8.98. The van der Waals surface area contributed by atoms with Gasteiger partial charge in [0.05, 0.1) is 22.5 Å². The second-order valence-corrected chi connectivity index (χ2v) is 8.59. The van der Waals surface area contributed by atoms with Gasteiger partial charge in [-0.25, -0.2) is 8.42 Å². The summed E-state index contributed by atoms with van der Waals surface area (Å²) in [4.78, 5) is 12.2. The van der Waals surface area contributed by atoms with Crippen molar-refractivity contribution in [3.05, 3.63) is 53.1 Å². The Balaban J connectivity index is 2.06. The highest BCUT2D eigenvalue weighted by Crippen LogP contribution is 2.36. The third-order valence-electron chi connectivity index (χ3n) is 3.92. The maximum atomic E-state index is 12.9. The number of hydrogen-bond donors (Lipinski definition) is 1. The first kappa shape index (κ1) is 22.8. The van der Waals surface area contributed by atoms with Gasteiger partial charge in [-0.15, -0.1) is 0 Å². The molecular formula is C18H18ClF3N2O4S. The van der Waals surface area contributed by atoms with Crippen LogP contribution in [0, 0.1) is 0 Å². The summed E-state index contributed by atoms with van der Waals surface area (Å²) in [5.74, 6) is -0.386. The molecule has 0 heterocycles. The molecule has 0 fully saturated rings. The molecule has 1 amide bonds. The fraction of sp³-hybridized carbons (Fsp3) is 0.278. The van der Waals surface area contributed by atoms with Crippen molar-refractivity contribution in [3.8, 4) is 5.75 Å². The van der Waals surface area contributed by atoms with Crippen LogP contribution >= 0.6 is 11.6 Å². The first-order chi connectivity index (χ1) is 13.3. The van der Waals surface area contributed by atoms with Gasteiger partial charge in [-0.3, -0.25) is 9.10 Å². The monoisotopic (exact) mass is 450 g/mol. The van der Waals surface area contributed by atoms with Crippen molar-refractivity contribution in [3.63, 3.8) is 0 Å². The largest absolute Gasteiger partial charge is 0.481 e. The van der Waals surface area contributed by atoms with E-state index in [2.05, 4.69) is 5.32 Å². The molecule has 1 N–H and O–H groups in total. The molecule has 0 bridgehead atoms. The topological polar surface area (TPSA) is 75.7 Å². The smallest absolute Gasteiger partial charge is 0.417 e. The number of hydrogen-bond acceptors (Lipinski definition) is 4. The minimum Gasteiger partial charge on any atom is -0.481 e. The van der Waals surface area contributed by atoms with Crippen molar-refractivity contribution in [1.29, 1.82) is 0 Å². The van der Waals surface area contributed by atoms with E-state index in [1.807, 2.05) is 0 Å². The Morgan fingerprint density at radius 1 is 1.17 bits per heavy atom. The number of halogens is 4. The second kappa shape index (κ2) is 8.50. The average molecular weight is 451 g/mol. The minimum atomic E-state index is -4.65. The van der Waals surface area contributed by atoms with Gasteiger partial charge in [0.15, 0.2) is 6.10 Å². The summed E-state index contributed by atoms with van der Waals surface area (Å²) in [5.41, 5.74) is -0.735. The molecule has 0 aliphatic heterocycles. The number of amides is 1. The van der Waals surface area contributed by atoms with Crippen LogP contribution in [0.15, 0.2) is 42.5 Å². The molecule has 0 saturated carbocycles. The molecule has 2 rings (SSSR count). The highest BCUT2D eigenvalue weighted by Gasteiger charge is 2.33. The normalized spacial score (nSPS) is 12.9. The maximum absolute atomic E-state index is 12.9. The van der Waals surface area contributed by atoms with Gasteiger partial charge < -0.3 is 10.1 Å². The zero-order valence-corrected chi connectivity index (χ0v) is 17.2. The van der Waals surface area contributed by atoms with Crippen molar-refractivity contribution in [2.75, 3.05) is 22.9 Å². The minimum absolute atomic E-state index is 0.0766. The molecule has 0 aliphatic carbocycles. The van der Waals surface area contributed by atoms with E-state index < -0.39 is 38.8 Å². The summed E-state index contributed by atoms with van der Waals surface area (Å²) in [6.45, 7) is 1.42. The Morgan fingerprint density at radius 2 is 1.76 bits per heavy atom. The molecule has 2 aromatic rings. The van der Waals surface area contributed by atoms with E-state index in [9.17, 15) is 26.4 Å². The van der Waals surface area contributed by atoms with Crippen LogP contribution < -0.4 is 14.4 Å². The number of carbonyl (C=O) groups is 1. The van der Waals surface area contributed by atoms with Crippen molar-refractivity contribution in [1.82, 2.24) is 0 Å². The van der Waals surface area contributed by atoms with E-state index in [0.29, 0.717) is 5.69 Å². The molecule has 1 atom stereocenters. The van der Waals surface area contributed by atoms with E-state index in [4.69, 9.17) is 16.3 Å². The predicted molar refractivity (Wildman–Crippen MR) is 105 cm³/mol. The van der Waals surface area contributed by atoms with E-state index >= 15 is 0 Å². The number of sulfonamides is 1. The number of nitrogens with zero attached hydrogens (tertiary/aromatic N) is 1. The first-order valence-electron chi connectivity index (χ1n) is 8.17. The van der Waals surface area contributed by atoms with Crippen LogP contribution in [0.5, 0.6) is 5.75 Å². The fourth-order valence-corrected chi connectivity index (χ4v) is 2.98. The number of benzene rings is 2. The standard InChI is InChI=1S/C18H18ClF3N2O4S/c1-11(28-14-7-5-13(6-8-14)24(2)29(3,26)27)17(25)23-12-4-9-16(19)15(10-12)18(20,21)22/h4-11H,1-3H3,(H,23,25)/t11-/m0/s1. The second-order valence-electron chi connectivity index (χ2n) is 6.17. The van der Waals surface area contributed by atoms with Gasteiger partial charge >= 0.3 is 6.18 Å². The van der Waals surface area contributed by atoms with E-state index in [-0.39, 0.29) is 11.4 Å². The van der Waals surface area contributed by atoms with E-state index in [1.54, 1.807) is 0 Å². The van der Waals surface area contributed by atoms with E-state index in [1.165, 1.54) is 44.3 Å². The number of ether oxygens (including phenoxy) is 1. The Kier molecular flexibility index (Phi) is 6.69. The zero-order chi connectivity index (χ0) is 22.0.